The first-order chi connectivity index (χ1) is 10.1. The highest BCUT2D eigenvalue weighted by molar-refractivity contribution is 5.91. The fraction of sp³-hybridized carbons (Fsp3) is 0.611. The van der Waals surface area contributed by atoms with Crippen LogP contribution in [0.1, 0.15) is 38.7 Å². The number of hydrogen-bond donors (Lipinski definition) is 1. The third-order valence-corrected chi connectivity index (χ3v) is 5.11. The summed E-state index contributed by atoms with van der Waals surface area (Å²) in [5.41, 5.74) is 0.954. The van der Waals surface area contributed by atoms with Gasteiger partial charge in [-0.05, 0) is 51.1 Å². The van der Waals surface area contributed by atoms with E-state index < -0.39 is 0 Å². The standard InChI is InChI=1S/C18H26N2O/c1-14(2)20-11-8-15(13-20)12-19-17(21)18(9-10-18)16-6-4-3-5-7-16/h3-7,14-15H,8-13H2,1-2H3,(H,19,21). The Hall–Kier alpha value is -1.35. The van der Waals surface area contributed by atoms with E-state index in [9.17, 15) is 4.79 Å². The Kier molecular flexibility index (Phi) is 4.03. The highest BCUT2D eigenvalue weighted by Gasteiger charge is 2.51. The number of benzene rings is 1. The van der Waals surface area contributed by atoms with Gasteiger partial charge in [0.2, 0.25) is 5.91 Å². The van der Waals surface area contributed by atoms with Gasteiger partial charge < -0.3 is 10.2 Å². The maximum absolute atomic E-state index is 12.6. The van der Waals surface area contributed by atoms with Crippen LogP contribution in [0.4, 0.5) is 0 Å². The smallest absolute Gasteiger partial charge is 0.230 e. The van der Waals surface area contributed by atoms with Gasteiger partial charge in [0.1, 0.15) is 0 Å². The van der Waals surface area contributed by atoms with Crippen LogP contribution < -0.4 is 5.32 Å². The van der Waals surface area contributed by atoms with E-state index in [1.165, 1.54) is 18.5 Å². The van der Waals surface area contributed by atoms with Gasteiger partial charge in [0.25, 0.3) is 0 Å². The first-order valence-electron chi connectivity index (χ1n) is 8.20. The molecule has 3 rings (SSSR count). The van der Waals surface area contributed by atoms with E-state index in [2.05, 4.69) is 36.2 Å². The molecule has 3 heteroatoms. The summed E-state index contributed by atoms with van der Waals surface area (Å²) in [6, 6.07) is 10.9. The molecule has 2 aliphatic rings. The van der Waals surface area contributed by atoms with E-state index in [4.69, 9.17) is 0 Å². The zero-order chi connectivity index (χ0) is 14.9. The van der Waals surface area contributed by atoms with E-state index in [1.807, 2.05) is 18.2 Å². The highest BCUT2D eigenvalue weighted by Crippen LogP contribution is 2.48. The summed E-state index contributed by atoms with van der Waals surface area (Å²) < 4.78 is 0. The van der Waals surface area contributed by atoms with Crippen LogP contribution in [0, 0.1) is 5.92 Å². The van der Waals surface area contributed by atoms with Gasteiger partial charge in [-0.2, -0.15) is 0 Å². The van der Waals surface area contributed by atoms with E-state index in [-0.39, 0.29) is 11.3 Å². The van der Waals surface area contributed by atoms with Gasteiger partial charge in [0.15, 0.2) is 0 Å². The fourth-order valence-corrected chi connectivity index (χ4v) is 3.43. The molecule has 0 radical (unpaired) electrons. The van der Waals surface area contributed by atoms with Gasteiger partial charge >= 0.3 is 0 Å². The number of nitrogens with one attached hydrogen (secondary N) is 1. The second-order valence-electron chi connectivity index (χ2n) is 6.90. The van der Waals surface area contributed by atoms with Gasteiger partial charge in [0.05, 0.1) is 5.41 Å². The van der Waals surface area contributed by atoms with Crippen LogP contribution in [-0.4, -0.2) is 36.5 Å². The van der Waals surface area contributed by atoms with Crippen molar-refractivity contribution in [2.24, 2.45) is 5.92 Å². The molecule has 1 aliphatic heterocycles. The van der Waals surface area contributed by atoms with Crippen molar-refractivity contribution < 1.29 is 4.79 Å². The quantitative estimate of drug-likeness (QED) is 0.902. The third kappa shape index (κ3) is 2.98. The fourth-order valence-electron chi connectivity index (χ4n) is 3.43. The number of carbonyl (C=O) groups is 1. The summed E-state index contributed by atoms with van der Waals surface area (Å²) >= 11 is 0. The Balaban J connectivity index is 1.54. The van der Waals surface area contributed by atoms with E-state index >= 15 is 0 Å². The minimum atomic E-state index is -0.225. The maximum Gasteiger partial charge on any atom is 0.230 e. The molecule has 0 aromatic heterocycles. The molecule has 2 fully saturated rings. The molecule has 1 aromatic carbocycles. The van der Waals surface area contributed by atoms with Crippen molar-refractivity contribution in [2.45, 2.75) is 44.6 Å². The molecule has 1 unspecified atom stereocenters. The van der Waals surface area contributed by atoms with Crippen molar-refractivity contribution in [2.75, 3.05) is 19.6 Å². The topological polar surface area (TPSA) is 32.3 Å². The third-order valence-electron chi connectivity index (χ3n) is 5.11. The number of carbonyl (C=O) groups excluding carboxylic acids is 1. The summed E-state index contributed by atoms with van der Waals surface area (Å²) in [7, 11) is 0. The van der Waals surface area contributed by atoms with Crippen molar-refractivity contribution in [3.63, 3.8) is 0 Å². The normalized spacial score (nSPS) is 24.2. The number of amides is 1. The largest absolute Gasteiger partial charge is 0.355 e. The predicted molar refractivity (Wildman–Crippen MR) is 85.2 cm³/mol. The molecule has 0 bridgehead atoms. The zero-order valence-corrected chi connectivity index (χ0v) is 13.1. The zero-order valence-electron chi connectivity index (χ0n) is 13.1. The van der Waals surface area contributed by atoms with Gasteiger partial charge in [-0.3, -0.25) is 4.79 Å². The molecule has 114 valence electrons. The summed E-state index contributed by atoms with van der Waals surface area (Å²) in [4.78, 5) is 15.1. The van der Waals surface area contributed by atoms with Crippen molar-refractivity contribution in [3.05, 3.63) is 35.9 Å². The van der Waals surface area contributed by atoms with Gasteiger partial charge in [-0.25, -0.2) is 0 Å². The summed E-state index contributed by atoms with van der Waals surface area (Å²) in [6.45, 7) is 7.61. The lowest BCUT2D eigenvalue weighted by atomic mass is 9.95. The SMILES string of the molecule is CC(C)N1CCC(CNC(=O)C2(c3ccccc3)CC2)C1. The number of likely N-dealkylation sites (tertiary alicyclic amines) is 1. The molecule has 1 atom stereocenters. The Morgan fingerprint density at radius 3 is 2.62 bits per heavy atom. The Bertz CT molecular complexity index is 493. The van der Waals surface area contributed by atoms with Crippen LogP contribution in [0.2, 0.25) is 0 Å². The van der Waals surface area contributed by atoms with Crippen LogP contribution in [0.25, 0.3) is 0 Å². The molecule has 1 amide bonds. The van der Waals surface area contributed by atoms with Crippen molar-refractivity contribution in [1.82, 2.24) is 10.2 Å². The first-order valence-corrected chi connectivity index (χ1v) is 8.20. The molecule has 1 saturated heterocycles. The van der Waals surface area contributed by atoms with Crippen molar-refractivity contribution >= 4 is 5.91 Å². The Labute approximate surface area is 127 Å². The number of nitrogens with zero attached hydrogens (tertiary/aromatic N) is 1. The minimum absolute atomic E-state index is 0.225. The second kappa shape index (κ2) is 5.80. The summed E-state index contributed by atoms with van der Waals surface area (Å²) in [6.07, 6.45) is 3.19. The number of rotatable bonds is 5. The van der Waals surface area contributed by atoms with Crippen LogP contribution in [0.15, 0.2) is 30.3 Å². The molecular weight excluding hydrogens is 260 g/mol. The highest BCUT2D eigenvalue weighted by atomic mass is 16.2. The molecule has 0 spiro atoms. The molecule has 21 heavy (non-hydrogen) atoms. The van der Waals surface area contributed by atoms with Crippen LogP contribution >= 0.6 is 0 Å². The first kappa shape index (κ1) is 14.6. The Morgan fingerprint density at radius 2 is 2.05 bits per heavy atom. The summed E-state index contributed by atoms with van der Waals surface area (Å²) in [5.74, 6) is 0.847. The average Bonchev–Trinajstić information content (AvgIpc) is 3.17. The van der Waals surface area contributed by atoms with Gasteiger partial charge in [-0.15, -0.1) is 0 Å². The van der Waals surface area contributed by atoms with E-state index in [1.54, 1.807) is 0 Å². The minimum Gasteiger partial charge on any atom is -0.355 e. The number of hydrogen-bond acceptors (Lipinski definition) is 2. The molecule has 1 heterocycles. The molecule has 1 aliphatic carbocycles. The molecular formula is C18H26N2O. The lowest BCUT2D eigenvalue weighted by Crippen LogP contribution is -2.38. The van der Waals surface area contributed by atoms with Crippen LogP contribution in [-0.2, 0) is 10.2 Å². The van der Waals surface area contributed by atoms with Crippen molar-refractivity contribution in [3.8, 4) is 0 Å². The summed E-state index contributed by atoms with van der Waals surface area (Å²) in [5, 5.41) is 3.22. The van der Waals surface area contributed by atoms with Gasteiger partial charge in [-0.1, -0.05) is 30.3 Å². The lowest BCUT2D eigenvalue weighted by molar-refractivity contribution is -0.123. The maximum atomic E-state index is 12.6. The van der Waals surface area contributed by atoms with Crippen molar-refractivity contribution in [1.29, 1.82) is 0 Å². The van der Waals surface area contributed by atoms with Crippen LogP contribution in [0.3, 0.4) is 0 Å². The van der Waals surface area contributed by atoms with Gasteiger partial charge in [0, 0.05) is 19.1 Å². The Morgan fingerprint density at radius 1 is 1.33 bits per heavy atom. The predicted octanol–water partition coefficient (Wildman–Crippen LogP) is 2.56. The molecule has 3 nitrogen and oxygen atoms in total. The average molecular weight is 286 g/mol. The second-order valence-corrected chi connectivity index (χ2v) is 6.90. The molecule has 1 aromatic rings. The van der Waals surface area contributed by atoms with Crippen LogP contribution in [0.5, 0.6) is 0 Å². The van der Waals surface area contributed by atoms with E-state index in [0.717, 1.165) is 25.9 Å². The van der Waals surface area contributed by atoms with E-state index in [0.29, 0.717) is 12.0 Å². The monoisotopic (exact) mass is 286 g/mol. The molecule has 1 N–H and O–H groups in total. The lowest BCUT2D eigenvalue weighted by Gasteiger charge is -2.21. The molecule has 1 saturated carbocycles.